The Kier molecular flexibility index (Phi) is 6.84. The summed E-state index contributed by atoms with van der Waals surface area (Å²) >= 11 is 6.15. The molecule has 1 unspecified atom stereocenters. The molecule has 1 aromatic rings. The van der Waals surface area contributed by atoms with E-state index in [0.29, 0.717) is 0 Å². The Bertz CT molecular complexity index is 537. The summed E-state index contributed by atoms with van der Waals surface area (Å²) in [6.07, 6.45) is 18.1. The van der Waals surface area contributed by atoms with Crippen molar-refractivity contribution in [1.29, 1.82) is 0 Å². The highest BCUT2D eigenvalue weighted by Crippen LogP contribution is 2.42. The molecule has 0 aliphatic heterocycles. The van der Waals surface area contributed by atoms with Crippen LogP contribution in [-0.2, 0) is 0 Å². The smallest absolute Gasteiger partial charge is 0.0412 e. The van der Waals surface area contributed by atoms with Crippen LogP contribution in [0.5, 0.6) is 0 Å². The Labute approximate surface area is 153 Å². The fourth-order valence-corrected chi connectivity index (χ4v) is 5.05. The number of halogens is 1. The monoisotopic (exact) mass is 344 g/mol. The van der Waals surface area contributed by atoms with Gasteiger partial charge in [-0.15, -0.1) is 0 Å². The molecule has 1 fully saturated rings. The van der Waals surface area contributed by atoms with Crippen LogP contribution in [0.3, 0.4) is 0 Å². The molecule has 0 spiro atoms. The molecule has 24 heavy (non-hydrogen) atoms. The molecule has 1 heteroatoms. The Morgan fingerprint density at radius 3 is 2.50 bits per heavy atom. The molecule has 0 nitrogen and oxygen atoms in total. The second-order valence-electron chi connectivity index (χ2n) is 8.05. The van der Waals surface area contributed by atoms with E-state index in [1.165, 1.54) is 81.8 Å². The van der Waals surface area contributed by atoms with Gasteiger partial charge < -0.3 is 0 Å². The van der Waals surface area contributed by atoms with Crippen LogP contribution in [0.2, 0.25) is 5.02 Å². The molecule has 2 aliphatic carbocycles. The maximum absolute atomic E-state index is 6.15. The summed E-state index contributed by atoms with van der Waals surface area (Å²) in [5.41, 5.74) is 2.85. The van der Waals surface area contributed by atoms with Gasteiger partial charge in [-0.1, -0.05) is 75.3 Å². The summed E-state index contributed by atoms with van der Waals surface area (Å²) in [5.74, 6) is 2.96. The van der Waals surface area contributed by atoms with Crippen LogP contribution in [0.1, 0.15) is 83.1 Å². The Balaban J connectivity index is 1.47. The zero-order chi connectivity index (χ0) is 16.8. The second kappa shape index (κ2) is 9.09. The third kappa shape index (κ3) is 4.88. The lowest BCUT2D eigenvalue weighted by Crippen LogP contribution is -2.23. The average molecular weight is 345 g/mol. The number of unbranched alkanes of at least 4 members (excludes halogenated alkanes) is 2. The molecular weight excluding hydrogens is 312 g/mol. The lowest BCUT2D eigenvalue weighted by molar-refractivity contribution is 0.187. The van der Waals surface area contributed by atoms with Gasteiger partial charge in [0.25, 0.3) is 0 Å². The quantitative estimate of drug-likeness (QED) is 0.460. The topological polar surface area (TPSA) is 0 Å². The van der Waals surface area contributed by atoms with Crippen LogP contribution in [-0.4, -0.2) is 0 Å². The van der Waals surface area contributed by atoms with Gasteiger partial charge in [0.2, 0.25) is 0 Å². The van der Waals surface area contributed by atoms with Crippen LogP contribution in [0.15, 0.2) is 30.3 Å². The fraction of sp³-hybridized carbons (Fsp3) is 0.652. The minimum atomic E-state index is 0.858. The van der Waals surface area contributed by atoms with Gasteiger partial charge >= 0.3 is 0 Å². The molecule has 2 aliphatic rings. The van der Waals surface area contributed by atoms with Gasteiger partial charge in [-0.25, -0.2) is 0 Å². The summed E-state index contributed by atoms with van der Waals surface area (Å²) in [4.78, 5) is 0. The van der Waals surface area contributed by atoms with Gasteiger partial charge in [-0.3, -0.25) is 0 Å². The highest BCUT2D eigenvalue weighted by molar-refractivity contribution is 6.30. The Hall–Kier alpha value is -0.750. The van der Waals surface area contributed by atoms with Crippen LogP contribution in [0.4, 0.5) is 0 Å². The lowest BCUT2D eigenvalue weighted by atomic mass is 9.70. The highest BCUT2D eigenvalue weighted by atomic mass is 35.5. The van der Waals surface area contributed by atoms with E-state index in [9.17, 15) is 0 Å². The number of hydrogen-bond donors (Lipinski definition) is 0. The van der Waals surface area contributed by atoms with Gasteiger partial charge in [-0.05, 0) is 73.1 Å². The summed E-state index contributed by atoms with van der Waals surface area (Å²) in [7, 11) is 0. The zero-order valence-corrected chi connectivity index (χ0v) is 16.0. The van der Waals surface area contributed by atoms with E-state index in [1.54, 1.807) is 0 Å². The molecule has 3 rings (SSSR count). The SMILES string of the molecule is CCCCC[C@H]1CC[C@H](C2CC=C(c3cccc(Cl)c3)CC2)CC1. The van der Waals surface area contributed by atoms with Crippen molar-refractivity contribution in [3.8, 4) is 0 Å². The molecule has 132 valence electrons. The largest absolute Gasteiger partial charge is 0.0843 e. The minimum absolute atomic E-state index is 0.858. The fourth-order valence-electron chi connectivity index (χ4n) is 4.86. The van der Waals surface area contributed by atoms with E-state index in [1.807, 2.05) is 6.07 Å². The zero-order valence-electron chi connectivity index (χ0n) is 15.3. The first-order valence-corrected chi connectivity index (χ1v) is 10.6. The van der Waals surface area contributed by atoms with Crippen LogP contribution in [0, 0.1) is 17.8 Å². The Morgan fingerprint density at radius 2 is 1.83 bits per heavy atom. The van der Waals surface area contributed by atoms with E-state index in [2.05, 4.69) is 31.2 Å². The average Bonchev–Trinajstić information content (AvgIpc) is 2.63. The summed E-state index contributed by atoms with van der Waals surface area (Å²) in [6.45, 7) is 2.31. The standard InChI is InChI=1S/C23H33Cl/c1-2-3-4-6-18-9-11-19(12-10-18)20-13-15-21(16-14-20)22-7-5-8-23(24)17-22/h5,7-8,15,17-20H,2-4,6,9-14,16H2,1H3/t18-,19-,20?. The van der Waals surface area contributed by atoms with Crippen LogP contribution < -0.4 is 0 Å². The van der Waals surface area contributed by atoms with Crippen molar-refractivity contribution < 1.29 is 0 Å². The summed E-state index contributed by atoms with van der Waals surface area (Å²) < 4.78 is 0. The third-order valence-electron chi connectivity index (χ3n) is 6.42. The van der Waals surface area contributed by atoms with E-state index in [0.717, 1.165) is 22.8 Å². The van der Waals surface area contributed by atoms with Crippen molar-refractivity contribution in [1.82, 2.24) is 0 Å². The Morgan fingerprint density at radius 1 is 1.00 bits per heavy atom. The van der Waals surface area contributed by atoms with E-state index < -0.39 is 0 Å². The molecule has 0 saturated heterocycles. The van der Waals surface area contributed by atoms with Gasteiger partial charge in [0.1, 0.15) is 0 Å². The second-order valence-corrected chi connectivity index (χ2v) is 8.49. The van der Waals surface area contributed by atoms with Crippen molar-refractivity contribution >= 4 is 17.2 Å². The number of hydrogen-bond acceptors (Lipinski definition) is 0. The third-order valence-corrected chi connectivity index (χ3v) is 6.66. The number of allylic oxidation sites excluding steroid dienone is 2. The van der Waals surface area contributed by atoms with Crippen molar-refractivity contribution in [2.24, 2.45) is 17.8 Å². The van der Waals surface area contributed by atoms with Crippen molar-refractivity contribution in [2.75, 3.05) is 0 Å². The molecule has 0 bridgehead atoms. The molecule has 1 saturated carbocycles. The van der Waals surface area contributed by atoms with Gasteiger partial charge in [0.05, 0.1) is 0 Å². The molecule has 0 N–H and O–H groups in total. The lowest BCUT2D eigenvalue weighted by Gasteiger charge is -2.35. The molecule has 1 atom stereocenters. The minimum Gasteiger partial charge on any atom is -0.0843 e. The van der Waals surface area contributed by atoms with Crippen LogP contribution in [0.25, 0.3) is 5.57 Å². The van der Waals surface area contributed by atoms with Gasteiger partial charge in [0, 0.05) is 5.02 Å². The van der Waals surface area contributed by atoms with Gasteiger partial charge in [-0.2, -0.15) is 0 Å². The van der Waals surface area contributed by atoms with E-state index in [-0.39, 0.29) is 0 Å². The van der Waals surface area contributed by atoms with Crippen molar-refractivity contribution in [3.05, 3.63) is 40.9 Å². The normalized spacial score (nSPS) is 27.8. The first kappa shape index (κ1) is 18.1. The number of benzene rings is 1. The summed E-state index contributed by atoms with van der Waals surface area (Å²) in [6, 6.07) is 8.37. The first-order chi connectivity index (χ1) is 11.8. The highest BCUT2D eigenvalue weighted by Gasteiger charge is 2.28. The molecular formula is C23H33Cl. The molecule has 0 radical (unpaired) electrons. The van der Waals surface area contributed by atoms with E-state index >= 15 is 0 Å². The maximum atomic E-state index is 6.15. The first-order valence-electron chi connectivity index (χ1n) is 10.2. The predicted molar refractivity (Wildman–Crippen MR) is 106 cm³/mol. The van der Waals surface area contributed by atoms with Crippen molar-refractivity contribution in [3.63, 3.8) is 0 Å². The van der Waals surface area contributed by atoms with Crippen LogP contribution >= 0.6 is 11.6 Å². The summed E-state index contributed by atoms with van der Waals surface area (Å²) in [5, 5.41) is 0.858. The van der Waals surface area contributed by atoms with Gasteiger partial charge in [0.15, 0.2) is 0 Å². The van der Waals surface area contributed by atoms with E-state index in [4.69, 9.17) is 11.6 Å². The molecule has 0 amide bonds. The van der Waals surface area contributed by atoms with Crippen molar-refractivity contribution in [2.45, 2.75) is 77.6 Å². The molecule has 0 aromatic heterocycles. The number of rotatable bonds is 6. The predicted octanol–water partition coefficient (Wildman–Crippen LogP) is 7.91. The molecule has 0 heterocycles. The molecule has 1 aromatic carbocycles. The maximum Gasteiger partial charge on any atom is 0.0412 e.